The van der Waals surface area contributed by atoms with Crippen LogP contribution in [-0.4, -0.2) is 32.4 Å². The number of nitrogens with zero attached hydrogens (tertiary/aromatic N) is 1. The predicted molar refractivity (Wildman–Crippen MR) is 116 cm³/mol. The van der Waals surface area contributed by atoms with Gasteiger partial charge in [-0.3, -0.25) is 5.43 Å². The number of allylic oxidation sites excluding steroid dienone is 3. The van der Waals surface area contributed by atoms with Crippen molar-refractivity contribution in [1.82, 2.24) is 5.43 Å². The van der Waals surface area contributed by atoms with Gasteiger partial charge in [0.2, 0.25) is 6.42 Å². The van der Waals surface area contributed by atoms with Gasteiger partial charge in [-0.25, -0.2) is 4.78 Å². The molecule has 2 N–H and O–H groups in total. The highest BCUT2D eigenvalue weighted by Crippen LogP contribution is 2.66. The van der Waals surface area contributed by atoms with Crippen LogP contribution in [0.2, 0.25) is 0 Å². The van der Waals surface area contributed by atoms with Gasteiger partial charge in [-0.2, -0.15) is 0 Å². The molecule has 28 heavy (non-hydrogen) atoms. The number of hydrogen-bond donors (Lipinski definition) is 2. The lowest BCUT2D eigenvalue weighted by atomic mass is 10.1. The molecule has 0 bridgehead atoms. The average molecular weight is 419 g/mol. The molecule has 5 nitrogen and oxygen atoms in total. The number of quaternary nitrogens is 1. The number of fused-ring (bicyclic) bond motifs is 1. The van der Waals surface area contributed by atoms with Gasteiger partial charge in [-0.05, 0) is 43.2 Å². The van der Waals surface area contributed by atoms with Gasteiger partial charge < -0.3 is 14.2 Å². The molecule has 7 heteroatoms. The number of anilines is 1. The van der Waals surface area contributed by atoms with Gasteiger partial charge in [0, 0.05) is 25.9 Å². The largest absolute Gasteiger partial charge is 0.376 e. The van der Waals surface area contributed by atoms with E-state index >= 15 is 0 Å². The van der Waals surface area contributed by atoms with Crippen LogP contribution in [0.1, 0.15) is 38.5 Å². The van der Waals surface area contributed by atoms with E-state index in [4.69, 9.17) is 21.1 Å². The summed E-state index contributed by atoms with van der Waals surface area (Å²) in [4.78, 5) is 1.62. The highest BCUT2D eigenvalue weighted by atomic mass is 32.4. The summed E-state index contributed by atoms with van der Waals surface area (Å²) in [5, 5.41) is 1.28. The molecule has 2 atom stereocenters. The minimum Gasteiger partial charge on any atom is -0.376 e. The van der Waals surface area contributed by atoms with Crippen molar-refractivity contribution in [2.45, 2.75) is 44.6 Å². The van der Waals surface area contributed by atoms with Gasteiger partial charge in [0.25, 0.3) is 0 Å². The summed E-state index contributed by atoms with van der Waals surface area (Å²) in [5.74, 6) is 0. The molecule has 150 valence electrons. The number of likely N-dealkylation sites (tertiary alicyclic amines) is 1. The summed E-state index contributed by atoms with van der Waals surface area (Å²) < 4.78 is 14.6. The van der Waals surface area contributed by atoms with E-state index in [0.717, 1.165) is 38.0 Å². The summed E-state index contributed by atoms with van der Waals surface area (Å²) in [7, 11) is 0. The Morgan fingerprint density at radius 1 is 1.21 bits per heavy atom. The van der Waals surface area contributed by atoms with E-state index in [1.54, 1.807) is 4.90 Å². The third-order valence-electron chi connectivity index (χ3n) is 6.15. The first-order valence-electron chi connectivity index (χ1n) is 10.5. The smallest absolute Gasteiger partial charge is 0.212 e. The number of rotatable bonds is 5. The van der Waals surface area contributed by atoms with Gasteiger partial charge >= 0.3 is 0 Å². The van der Waals surface area contributed by atoms with E-state index in [9.17, 15) is 0 Å². The topological polar surface area (TPSA) is 38.2 Å². The maximum atomic E-state index is 6.65. The number of hydrazine groups is 1. The third kappa shape index (κ3) is 3.35. The summed E-state index contributed by atoms with van der Waals surface area (Å²) in [6.45, 7) is 3.87. The van der Waals surface area contributed by atoms with Crippen LogP contribution in [-0.2, 0) is 21.1 Å². The van der Waals surface area contributed by atoms with Crippen LogP contribution in [0, 0.1) is 0 Å². The van der Waals surface area contributed by atoms with Gasteiger partial charge in [0.15, 0.2) is 0 Å². The molecule has 1 aromatic carbocycles. The van der Waals surface area contributed by atoms with E-state index in [2.05, 4.69) is 40.5 Å². The number of benzene rings is 1. The van der Waals surface area contributed by atoms with E-state index in [0.29, 0.717) is 6.61 Å². The minimum atomic E-state index is -2.43. The molecule has 1 aliphatic carbocycles. The molecule has 0 amide bonds. The highest BCUT2D eigenvalue weighted by molar-refractivity contribution is 8.15. The maximum Gasteiger partial charge on any atom is 0.212 e. The number of nitrogens with one attached hydrogen (secondary N) is 2. The Hall–Kier alpha value is -1.17. The van der Waals surface area contributed by atoms with Crippen LogP contribution < -0.4 is 15.1 Å². The normalized spacial score (nSPS) is 30.5. The standard InChI is InChI=1S/C21H28N3O2PS/c28-27(26-16-18-10-7-15-25-18)21-19(22-24(27)17-8-2-1-3-9-17)11-6-12-20(21)23-13-4-5-14-23/h1-3,8-9,11,18,22H,4-7,10,12-16H2/p+1/t18-,27-/m1/s1. The van der Waals surface area contributed by atoms with Crippen molar-refractivity contribution >= 4 is 23.9 Å². The zero-order valence-corrected chi connectivity index (χ0v) is 17.9. The second kappa shape index (κ2) is 7.92. The number of ether oxygens (including phenoxy) is 1. The quantitative estimate of drug-likeness (QED) is 0.719. The third-order valence-corrected chi connectivity index (χ3v) is 9.94. The highest BCUT2D eigenvalue weighted by Gasteiger charge is 2.47. The molecule has 0 saturated carbocycles. The SMILES string of the molecule is S=[P@]1(OC[C@H]2CCCO2)C2=C([NH+]3CCCC3)CCC=C2NN1c1ccccc1. The molecule has 0 aromatic heterocycles. The van der Waals surface area contributed by atoms with E-state index in [1.165, 1.54) is 42.6 Å². The van der Waals surface area contributed by atoms with Crippen molar-refractivity contribution < 1.29 is 14.2 Å². The summed E-state index contributed by atoms with van der Waals surface area (Å²) in [6, 6.07) is 10.4. The van der Waals surface area contributed by atoms with E-state index in [-0.39, 0.29) is 6.10 Å². The first-order valence-corrected chi connectivity index (χ1v) is 13.2. The second-order valence-corrected chi connectivity index (χ2v) is 11.6. The van der Waals surface area contributed by atoms with Crippen molar-refractivity contribution in [1.29, 1.82) is 0 Å². The van der Waals surface area contributed by atoms with Gasteiger partial charge in [0.1, 0.15) is 11.0 Å². The summed E-state index contributed by atoms with van der Waals surface area (Å²) in [6.07, 6.45) is 7.04. The molecular weight excluding hydrogens is 389 g/mol. The molecular formula is C21H29N3O2PS+. The fraction of sp³-hybridized carbons (Fsp3) is 0.524. The van der Waals surface area contributed by atoms with E-state index < -0.39 is 6.42 Å². The molecule has 3 heterocycles. The first kappa shape index (κ1) is 18.8. The van der Waals surface area contributed by atoms with Crippen molar-refractivity contribution in [3.8, 4) is 0 Å². The molecule has 0 spiro atoms. The molecule has 4 aliphatic rings. The van der Waals surface area contributed by atoms with Gasteiger partial charge in [-0.15, -0.1) is 0 Å². The van der Waals surface area contributed by atoms with Crippen LogP contribution in [0.15, 0.2) is 53.1 Å². The molecule has 3 aliphatic heterocycles. The molecule has 0 unspecified atom stereocenters. The fourth-order valence-electron chi connectivity index (χ4n) is 4.76. The summed E-state index contributed by atoms with van der Waals surface area (Å²) >= 11 is 6.40. The number of hydrogen-bond acceptors (Lipinski definition) is 4. The molecule has 5 rings (SSSR count). The Labute approximate surface area is 172 Å². The lowest BCUT2D eigenvalue weighted by molar-refractivity contribution is -0.849. The Bertz CT molecular complexity index is 829. The van der Waals surface area contributed by atoms with Gasteiger partial charge in [-0.1, -0.05) is 24.3 Å². The van der Waals surface area contributed by atoms with Crippen LogP contribution in [0.5, 0.6) is 0 Å². The Balaban J connectivity index is 1.55. The minimum absolute atomic E-state index is 0.178. The van der Waals surface area contributed by atoms with Crippen LogP contribution in [0.3, 0.4) is 0 Å². The van der Waals surface area contributed by atoms with Crippen molar-refractivity contribution in [2.75, 3.05) is 31.1 Å². The van der Waals surface area contributed by atoms with Crippen LogP contribution in [0.4, 0.5) is 5.69 Å². The Morgan fingerprint density at radius 2 is 2.04 bits per heavy atom. The Morgan fingerprint density at radius 3 is 2.79 bits per heavy atom. The van der Waals surface area contributed by atoms with Crippen LogP contribution in [0.25, 0.3) is 0 Å². The lowest BCUT2D eigenvalue weighted by Crippen LogP contribution is -3.08. The molecule has 3 fully saturated rings. The monoisotopic (exact) mass is 418 g/mol. The van der Waals surface area contributed by atoms with Gasteiger partial charge in [0.05, 0.1) is 37.2 Å². The first-order chi connectivity index (χ1) is 13.8. The van der Waals surface area contributed by atoms with Crippen molar-refractivity contribution in [2.24, 2.45) is 0 Å². The van der Waals surface area contributed by atoms with Crippen molar-refractivity contribution in [3.05, 3.63) is 53.1 Å². The average Bonchev–Trinajstić information content (AvgIpc) is 3.48. The van der Waals surface area contributed by atoms with Crippen LogP contribution >= 0.6 is 6.42 Å². The van der Waals surface area contributed by atoms with Crippen molar-refractivity contribution in [3.63, 3.8) is 0 Å². The maximum absolute atomic E-state index is 6.65. The predicted octanol–water partition coefficient (Wildman–Crippen LogP) is 3.08. The molecule has 3 saturated heterocycles. The fourth-order valence-corrected chi connectivity index (χ4v) is 8.52. The molecule has 0 radical (unpaired) electrons. The second-order valence-electron chi connectivity index (χ2n) is 8.00. The Kier molecular flexibility index (Phi) is 5.33. The van der Waals surface area contributed by atoms with E-state index in [1.807, 2.05) is 6.07 Å². The summed E-state index contributed by atoms with van der Waals surface area (Å²) in [5.41, 5.74) is 7.39. The molecule has 1 aromatic rings. The zero-order chi connectivity index (χ0) is 19.0. The lowest BCUT2D eigenvalue weighted by Gasteiger charge is -2.31. The zero-order valence-electron chi connectivity index (χ0n) is 16.2. The number of para-hydroxylation sites is 1.